The molecule has 12 heteroatoms. The van der Waals surface area contributed by atoms with Crippen LogP contribution in [0.15, 0.2) is 35.8 Å². The molecule has 206 valence electrons. The molecule has 2 aliphatic heterocycles. The van der Waals surface area contributed by atoms with Crippen LogP contribution in [0.4, 0.5) is 15.0 Å². The normalized spacial score (nSPS) is 19.8. The number of aromatic nitrogens is 3. The standard InChI is InChI=1S/C28H28FN7O3S/c1-34-10-3-5-19(34)16-39-27-32-24-21(26(33-27)35-11-12-36(28(37)38)18(15-35)7-9-30)14-31-23(22(24)29)20-6-2-4-17-8-13-40-25(17)20/h2,4,6,8,13-14,18-19H,3,5,7,10-12,15-16H2,1H3,(H,37,38)/t18?,19-/m0/s1. The van der Waals surface area contributed by atoms with Crippen molar-refractivity contribution < 1.29 is 19.0 Å². The maximum absolute atomic E-state index is 16.3. The van der Waals surface area contributed by atoms with Crippen LogP contribution < -0.4 is 9.64 Å². The van der Waals surface area contributed by atoms with Crippen molar-refractivity contribution in [3.05, 3.63) is 41.7 Å². The fourth-order valence-electron chi connectivity index (χ4n) is 5.63. The van der Waals surface area contributed by atoms with E-state index in [2.05, 4.69) is 25.9 Å². The van der Waals surface area contributed by atoms with E-state index in [9.17, 15) is 15.2 Å². The molecule has 6 rings (SSSR count). The van der Waals surface area contributed by atoms with Crippen molar-refractivity contribution in [2.24, 2.45) is 0 Å². The number of amides is 1. The van der Waals surface area contributed by atoms with Crippen molar-refractivity contribution >= 4 is 44.2 Å². The number of hydrogen-bond acceptors (Lipinski definition) is 9. The van der Waals surface area contributed by atoms with E-state index in [0.29, 0.717) is 29.9 Å². The van der Waals surface area contributed by atoms with Gasteiger partial charge in [0.1, 0.15) is 23.6 Å². The van der Waals surface area contributed by atoms with Crippen molar-refractivity contribution in [2.75, 3.05) is 44.7 Å². The highest BCUT2D eigenvalue weighted by Crippen LogP contribution is 2.37. The van der Waals surface area contributed by atoms with Gasteiger partial charge in [0.2, 0.25) is 0 Å². The number of nitrogens with zero attached hydrogens (tertiary/aromatic N) is 7. The lowest BCUT2D eigenvalue weighted by atomic mass is 10.1. The number of fused-ring (bicyclic) bond motifs is 2. The predicted octanol–water partition coefficient (Wildman–Crippen LogP) is 4.60. The number of likely N-dealkylation sites (tertiary alicyclic amines) is 1. The minimum absolute atomic E-state index is 0.0325. The lowest BCUT2D eigenvalue weighted by Gasteiger charge is -2.39. The van der Waals surface area contributed by atoms with Crippen LogP contribution in [0.25, 0.3) is 32.2 Å². The van der Waals surface area contributed by atoms with Crippen LogP contribution in [0.1, 0.15) is 19.3 Å². The zero-order valence-corrected chi connectivity index (χ0v) is 22.8. The Kier molecular flexibility index (Phi) is 7.08. The average Bonchev–Trinajstić information content (AvgIpc) is 3.60. The van der Waals surface area contributed by atoms with Gasteiger partial charge in [0, 0.05) is 42.1 Å². The third-order valence-corrected chi connectivity index (χ3v) is 8.77. The average molecular weight is 562 g/mol. The second kappa shape index (κ2) is 10.8. The molecule has 1 amide bonds. The minimum Gasteiger partial charge on any atom is -0.465 e. The second-order valence-electron chi connectivity index (χ2n) is 10.2. The number of halogens is 1. The van der Waals surface area contributed by atoms with E-state index in [1.54, 1.807) is 6.20 Å². The van der Waals surface area contributed by atoms with Crippen LogP contribution in [0.3, 0.4) is 0 Å². The second-order valence-corrected chi connectivity index (χ2v) is 11.1. The maximum atomic E-state index is 16.3. The van der Waals surface area contributed by atoms with Gasteiger partial charge in [0.25, 0.3) is 0 Å². The molecule has 40 heavy (non-hydrogen) atoms. The first-order valence-corrected chi connectivity index (χ1v) is 14.1. The summed E-state index contributed by atoms with van der Waals surface area (Å²) in [5.74, 6) is -0.150. The van der Waals surface area contributed by atoms with Gasteiger partial charge in [-0.2, -0.15) is 15.2 Å². The van der Waals surface area contributed by atoms with Gasteiger partial charge in [-0.25, -0.2) is 9.18 Å². The third kappa shape index (κ3) is 4.76. The van der Waals surface area contributed by atoms with Gasteiger partial charge in [0.15, 0.2) is 5.82 Å². The highest BCUT2D eigenvalue weighted by atomic mass is 32.1. The van der Waals surface area contributed by atoms with Crippen LogP contribution >= 0.6 is 11.3 Å². The largest absolute Gasteiger partial charge is 0.465 e. The number of rotatable bonds is 6. The minimum atomic E-state index is -1.07. The smallest absolute Gasteiger partial charge is 0.407 e. The number of nitriles is 1. The number of thiophene rings is 1. The zero-order chi connectivity index (χ0) is 27.8. The maximum Gasteiger partial charge on any atom is 0.407 e. The number of anilines is 1. The molecule has 3 aromatic heterocycles. The number of ether oxygens (including phenoxy) is 1. The molecule has 0 bridgehead atoms. The lowest BCUT2D eigenvalue weighted by Crippen LogP contribution is -2.55. The Morgan fingerprint density at radius 2 is 2.12 bits per heavy atom. The Morgan fingerprint density at radius 3 is 2.90 bits per heavy atom. The van der Waals surface area contributed by atoms with E-state index < -0.39 is 18.0 Å². The van der Waals surface area contributed by atoms with E-state index in [4.69, 9.17) is 4.74 Å². The summed E-state index contributed by atoms with van der Waals surface area (Å²) in [6.45, 7) is 2.10. The van der Waals surface area contributed by atoms with Crippen molar-refractivity contribution in [2.45, 2.75) is 31.3 Å². The summed E-state index contributed by atoms with van der Waals surface area (Å²) in [6, 6.07) is 9.51. The number of carbonyl (C=O) groups is 1. The molecule has 1 aromatic carbocycles. The van der Waals surface area contributed by atoms with Gasteiger partial charge in [-0.1, -0.05) is 18.2 Å². The Hall–Kier alpha value is -4.08. The van der Waals surface area contributed by atoms with E-state index in [-0.39, 0.29) is 42.8 Å². The van der Waals surface area contributed by atoms with Crippen molar-refractivity contribution in [3.8, 4) is 23.3 Å². The lowest BCUT2D eigenvalue weighted by molar-refractivity contribution is 0.119. The summed E-state index contributed by atoms with van der Waals surface area (Å²) in [5.41, 5.74) is 0.979. The highest BCUT2D eigenvalue weighted by molar-refractivity contribution is 7.17. The number of carboxylic acid groups (broad SMARTS) is 1. The van der Waals surface area contributed by atoms with Gasteiger partial charge >= 0.3 is 12.1 Å². The van der Waals surface area contributed by atoms with Gasteiger partial charge in [-0.05, 0) is 43.3 Å². The van der Waals surface area contributed by atoms with E-state index in [1.165, 1.54) is 16.2 Å². The first kappa shape index (κ1) is 26.2. The Labute approximate surface area is 234 Å². The van der Waals surface area contributed by atoms with Crippen LogP contribution in [0, 0.1) is 17.1 Å². The van der Waals surface area contributed by atoms with Crippen LogP contribution in [-0.4, -0.2) is 87.9 Å². The van der Waals surface area contributed by atoms with Crippen LogP contribution in [-0.2, 0) is 0 Å². The molecule has 4 aromatic rings. The Bertz CT molecular complexity index is 1620. The van der Waals surface area contributed by atoms with Gasteiger partial charge in [-0.3, -0.25) is 4.98 Å². The molecule has 0 radical (unpaired) electrons. The van der Waals surface area contributed by atoms with E-state index in [1.807, 2.05) is 41.6 Å². The molecular formula is C28H28FN7O3S. The molecule has 0 spiro atoms. The summed E-state index contributed by atoms with van der Waals surface area (Å²) >= 11 is 1.53. The number of hydrogen-bond donors (Lipinski definition) is 1. The fraction of sp³-hybridized carbons (Fsp3) is 0.393. The highest BCUT2D eigenvalue weighted by Gasteiger charge is 2.33. The Morgan fingerprint density at radius 1 is 1.25 bits per heavy atom. The molecule has 2 fully saturated rings. The van der Waals surface area contributed by atoms with Gasteiger partial charge < -0.3 is 24.5 Å². The topological polar surface area (TPSA) is 119 Å². The number of likely N-dealkylation sites (N-methyl/N-ethyl adjacent to an activating group) is 1. The third-order valence-electron chi connectivity index (χ3n) is 7.81. The van der Waals surface area contributed by atoms with Crippen molar-refractivity contribution in [1.29, 1.82) is 5.26 Å². The van der Waals surface area contributed by atoms with Crippen molar-refractivity contribution in [1.82, 2.24) is 24.8 Å². The molecule has 5 heterocycles. The van der Waals surface area contributed by atoms with E-state index >= 15 is 4.39 Å². The van der Waals surface area contributed by atoms with Crippen LogP contribution in [0.5, 0.6) is 6.01 Å². The molecule has 2 saturated heterocycles. The molecular weight excluding hydrogens is 533 g/mol. The first-order valence-electron chi connectivity index (χ1n) is 13.2. The molecule has 2 aliphatic rings. The monoisotopic (exact) mass is 561 g/mol. The number of benzene rings is 1. The predicted molar refractivity (Wildman–Crippen MR) is 150 cm³/mol. The van der Waals surface area contributed by atoms with Gasteiger partial charge in [-0.15, -0.1) is 11.3 Å². The number of pyridine rings is 1. The summed E-state index contributed by atoms with van der Waals surface area (Å²) in [6.07, 6.45) is 2.62. The summed E-state index contributed by atoms with van der Waals surface area (Å²) in [4.78, 5) is 30.9. The summed E-state index contributed by atoms with van der Waals surface area (Å²) in [7, 11) is 2.05. The molecule has 2 atom stereocenters. The Balaban J connectivity index is 1.44. The fourth-order valence-corrected chi connectivity index (χ4v) is 6.55. The summed E-state index contributed by atoms with van der Waals surface area (Å²) < 4.78 is 23.3. The van der Waals surface area contributed by atoms with Crippen molar-refractivity contribution in [3.63, 3.8) is 0 Å². The molecule has 1 N–H and O–H groups in total. The van der Waals surface area contributed by atoms with Gasteiger partial charge in [0.05, 0.1) is 23.9 Å². The molecule has 0 saturated carbocycles. The molecule has 10 nitrogen and oxygen atoms in total. The quantitative estimate of drug-likeness (QED) is 0.360. The van der Waals surface area contributed by atoms with Crippen LogP contribution in [0.2, 0.25) is 0 Å². The summed E-state index contributed by atoms with van der Waals surface area (Å²) in [5, 5.41) is 22.3. The SMILES string of the molecule is CN1CCC[C@H]1COc1nc(N2CCN(C(=O)O)C(CC#N)C2)c2cnc(-c3cccc4ccsc34)c(F)c2n1. The zero-order valence-electron chi connectivity index (χ0n) is 22.0. The first-order chi connectivity index (χ1) is 19.4. The van der Waals surface area contributed by atoms with E-state index in [0.717, 1.165) is 29.5 Å². The number of piperazine rings is 1. The molecule has 0 aliphatic carbocycles. The molecule has 1 unspecified atom stereocenters.